The van der Waals surface area contributed by atoms with E-state index in [-0.39, 0.29) is 55.2 Å². The van der Waals surface area contributed by atoms with Gasteiger partial charge >= 0.3 is 12.2 Å². The van der Waals surface area contributed by atoms with Crippen LogP contribution in [-0.4, -0.2) is 85.2 Å². The number of alkyl halides is 3. The van der Waals surface area contributed by atoms with E-state index in [1.165, 1.54) is 43.9 Å². The molecule has 0 spiro atoms. The van der Waals surface area contributed by atoms with Crippen molar-refractivity contribution in [1.82, 2.24) is 10.2 Å². The number of hydrogen-bond donors (Lipinski definition) is 2. The Labute approximate surface area is 313 Å². The third-order valence-electron chi connectivity index (χ3n) is 9.45. The first kappa shape index (κ1) is 38.9. The molecule has 2 fully saturated rings. The largest absolute Gasteiger partial charge is 0.494 e. The second-order valence-electron chi connectivity index (χ2n) is 13.5. The maximum absolute atomic E-state index is 13.6. The highest BCUT2D eigenvalue weighted by atomic mass is 19.4. The summed E-state index contributed by atoms with van der Waals surface area (Å²) in [7, 11) is 0. The van der Waals surface area contributed by atoms with E-state index in [2.05, 4.69) is 10.6 Å². The van der Waals surface area contributed by atoms with Crippen molar-refractivity contribution in [1.29, 1.82) is 0 Å². The Morgan fingerprint density at radius 1 is 0.873 bits per heavy atom. The van der Waals surface area contributed by atoms with Gasteiger partial charge in [0.2, 0.25) is 11.8 Å². The van der Waals surface area contributed by atoms with Crippen LogP contribution >= 0.6 is 0 Å². The quantitative estimate of drug-likeness (QED) is 0.0984. The number of amides is 7. The number of anilines is 3. The van der Waals surface area contributed by atoms with E-state index in [0.717, 1.165) is 15.9 Å². The van der Waals surface area contributed by atoms with Crippen molar-refractivity contribution in [2.45, 2.75) is 57.8 Å². The number of carbonyl (C=O) groups is 6. The van der Waals surface area contributed by atoms with Gasteiger partial charge in [-0.2, -0.15) is 13.2 Å². The number of rotatable bonds is 14. The lowest BCUT2D eigenvalue weighted by Gasteiger charge is -2.27. The first-order valence-electron chi connectivity index (χ1n) is 17.4. The molecule has 6 rings (SSSR count). The molecule has 14 nitrogen and oxygen atoms in total. The highest BCUT2D eigenvalue weighted by Crippen LogP contribution is 2.40. The summed E-state index contributed by atoms with van der Waals surface area (Å²) in [6.45, 7) is 5.52. The monoisotopic (exact) mass is 765 g/mol. The normalized spacial score (nSPS) is 18.3. The topological polar surface area (TPSA) is 164 Å². The van der Waals surface area contributed by atoms with Crippen LogP contribution in [0, 0.1) is 6.92 Å². The average Bonchev–Trinajstić information content (AvgIpc) is 3.49. The van der Waals surface area contributed by atoms with Crippen LogP contribution in [0.15, 0.2) is 60.7 Å². The number of nitrogens with one attached hydrogen (secondary N) is 2. The molecule has 7 amide bonds. The molecule has 0 saturated carbocycles. The molecule has 2 N–H and O–H groups in total. The standard InChI is InChI=1S/C38H38F3N5O9/c1-22-8-9-24(20-27(22)38(39,40)41)44-35(51)37(2,3)46(36(44)52)23-10-12-25(13-11-23)55-17-5-16-53-18-19-54-21-42-28-7-4-6-26-31(28)34(50)45(33(26)49)29-14-15-30(47)43-32(29)48/h4,6-13,20,29,42H,5,14-19,21H2,1-3H3,(H,43,47,48). The van der Waals surface area contributed by atoms with Gasteiger partial charge in [0.1, 0.15) is 24.1 Å². The zero-order valence-electron chi connectivity index (χ0n) is 30.2. The lowest BCUT2D eigenvalue weighted by Crippen LogP contribution is -2.54. The zero-order chi connectivity index (χ0) is 39.7. The van der Waals surface area contributed by atoms with Crippen molar-refractivity contribution in [2.24, 2.45) is 0 Å². The predicted octanol–water partition coefficient (Wildman–Crippen LogP) is 5.04. The van der Waals surface area contributed by atoms with E-state index >= 15 is 0 Å². The van der Waals surface area contributed by atoms with Crippen molar-refractivity contribution in [2.75, 3.05) is 48.3 Å². The van der Waals surface area contributed by atoms with Crippen LogP contribution < -0.4 is 25.2 Å². The summed E-state index contributed by atoms with van der Waals surface area (Å²) in [5, 5.41) is 5.16. The second-order valence-corrected chi connectivity index (χ2v) is 13.5. The van der Waals surface area contributed by atoms with Gasteiger partial charge in [0, 0.05) is 30.8 Å². The van der Waals surface area contributed by atoms with Crippen LogP contribution in [0.1, 0.15) is 65.0 Å². The minimum absolute atomic E-state index is 0.0101. The van der Waals surface area contributed by atoms with Crippen molar-refractivity contribution in [3.05, 3.63) is 82.9 Å². The Morgan fingerprint density at radius 3 is 2.29 bits per heavy atom. The minimum atomic E-state index is -4.65. The van der Waals surface area contributed by atoms with E-state index in [1.807, 2.05) is 0 Å². The fraction of sp³-hybridized carbons (Fsp3) is 0.368. The Morgan fingerprint density at radius 2 is 1.58 bits per heavy atom. The third-order valence-corrected chi connectivity index (χ3v) is 9.45. The van der Waals surface area contributed by atoms with E-state index in [0.29, 0.717) is 36.8 Å². The van der Waals surface area contributed by atoms with Gasteiger partial charge in [-0.3, -0.25) is 39.1 Å². The number of imide groups is 3. The number of urea groups is 1. The van der Waals surface area contributed by atoms with Gasteiger partial charge in [-0.05, 0) is 81.3 Å². The fourth-order valence-electron chi connectivity index (χ4n) is 6.64. The molecule has 0 radical (unpaired) electrons. The predicted molar refractivity (Wildman–Crippen MR) is 191 cm³/mol. The lowest BCUT2D eigenvalue weighted by atomic mass is 10.0. The van der Waals surface area contributed by atoms with Crippen LogP contribution in [0.2, 0.25) is 0 Å². The lowest BCUT2D eigenvalue weighted by molar-refractivity contribution is -0.138. The molecule has 2 saturated heterocycles. The third kappa shape index (κ3) is 7.75. The second kappa shape index (κ2) is 15.5. The van der Waals surface area contributed by atoms with Gasteiger partial charge in [0.05, 0.1) is 42.2 Å². The summed E-state index contributed by atoms with van der Waals surface area (Å²) in [5.41, 5.74) is -1.47. The van der Waals surface area contributed by atoms with Gasteiger partial charge in [-0.1, -0.05) is 12.1 Å². The average molecular weight is 766 g/mol. The molecule has 55 heavy (non-hydrogen) atoms. The number of fused-ring (bicyclic) bond motifs is 1. The SMILES string of the molecule is Cc1ccc(N2C(=O)N(c3ccc(OCCCOCCOCNc4cccc5c4C(=O)N(C4CCC(=O)NC4=O)C5=O)cc3)C(C)(C)C2=O)cc1C(F)(F)F. The molecular formula is C38H38F3N5O9. The molecule has 17 heteroatoms. The molecular weight excluding hydrogens is 727 g/mol. The Kier molecular flexibility index (Phi) is 11.0. The number of ether oxygens (including phenoxy) is 3. The Bertz CT molecular complexity index is 2040. The molecule has 3 heterocycles. The van der Waals surface area contributed by atoms with Gasteiger partial charge < -0.3 is 19.5 Å². The van der Waals surface area contributed by atoms with Gasteiger partial charge in [-0.15, -0.1) is 0 Å². The highest BCUT2D eigenvalue weighted by molar-refractivity contribution is 6.30. The number of piperidine rings is 1. The first-order valence-corrected chi connectivity index (χ1v) is 17.4. The molecule has 290 valence electrons. The fourth-order valence-corrected chi connectivity index (χ4v) is 6.64. The highest BCUT2D eigenvalue weighted by Gasteiger charge is 2.53. The summed E-state index contributed by atoms with van der Waals surface area (Å²) < 4.78 is 57.6. The van der Waals surface area contributed by atoms with E-state index < -0.39 is 58.9 Å². The minimum Gasteiger partial charge on any atom is -0.494 e. The number of aryl methyl sites for hydroxylation is 1. The van der Waals surface area contributed by atoms with Gasteiger partial charge in [-0.25, -0.2) is 9.69 Å². The van der Waals surface area contributed by atoms with E-state index in [4.69, 9.17) is 14.2 Å². The number of carbonyl (C=O) groups excluding carboxylic acids is 6. The van der Waals surface area contributed by atoms with Crippen LogP contribution in [0.3, 0.4) is 0 Å². The van der Waals surface area contributed by atoms with Crippen molar-refractivity contribution in [3.8, 4) is 5.75 Å². The Balaban J connectivity index is 0.915. The summed E-state index contributed by atoms with van der Waals surface area (Å²) >= 11 is 0. The smallest absolute Gasteiger partial charge is 0.416 e. The number of nitrogens with zero attached hydrogens (tertiary/aromatic N) is 3. The van der Waals surface area contributed by atoms with Crippen molar-refractivity contribution < 1.29 is 56.1 Å². The summed E-state index contributed by atoms with van der Waals surface area (Å²) in [4.78, 5) is 79.7. The molecule has 1 unspecified atom stereocenters. The number of benzene rings is 3. The van der Waals surface area contributed by atoms with Gasteiger partial charge in [0.15, 0.2) is 0 Å². The summed E-state index contributed by atoms with van der Waals surface area (Å²) in [6, 6.07) is 12.7. The van der Waals surface area contributed by atoms with Crippen molar-refractivity contribution in [3.63, 3.8) is 0 Å². The maximum atomic E-state index is 13.6. The molecule has 3 aliphatic heterocycles. The van der Waals surface area contributed by atoms with Crippen LogP contribution in [0.5, 0.6) is 5.75 Å². The zero-order valence-corrected chi connectivity index (χ0v) is 30.2. The summed E-state index contributed by atoms with van der Waals surface area (Å²) in [5.74, 6) is -2.53. The molecule has 3 aromatic rings. The molecule has 3 aliphatic rings. The molecule has 0 bridgehead atoms. The van der Waals surface area contributed by atoms with Gasteiger partial charge in [0.25, 0.3) is 17.7 Å². The molecule has 1 atom stereocenters. The van der Waals surface area contributed by atoms with Crippen LogP contribution in [0.4, 0.5) is 35.0 Å². The van der Waals surface area contributed by atoms with Crippen LogP contribution in [-0.2, 0) is 30.0 Å². The maximum Gasteiger partial charge on any atom is 0.416 e. The Hall–Kier alpha value is -5.81. The van der Waals surface area contributed by atoms with E-state index in [1.54, 1.807) is 36.4 Å². The number of halogens is 3. The van der Waals surface area contributed by atoms with E-state index in [9.17, 15) is 41.9 Å². The van der Waals surface area contributed by atoms with Crippen molar-refractivity contribution >= 4 is 52.6 Å². The van der Waals surface area contributed by atoms with Crippen LogP contribution in [0.25, 0.3) is 0 Å². The summed E-state index contributed by atoms with van der Waals surface area (Å²) in [6.07, 6.45) is -4.03. The molecule has 3 aromatic carbocycles. The molecule has 0 aliphatic carbocycles. The first-order chi connectivity index (χ1) is 26.1. The molecule has 0 aromatic heterocycles. The number of hydrogen-bond acceptors (Lipinski definition) is 10.